The molecule has 1 saturated heterocycles. The van der Waals surface area contributed by atoms with Crippen LogP contribution >= 0.6 is 0 Å². The number of likely N-dealkylation sites (tertiary alicyclic amines) is 1. The van der Waals surface area contributed by atoms with Gasteiger partial charge in [0.1, 0.15) is 6.23 Å². The molecule has 8 atom stereocenters. The van der Waals surface area contributed by atoms with Crippen LogP contribution in [0.1, 0.15) is 58.9 Å². The largest absolute Gasteiger partial charge is 0.466 e. The topological polar surface area (TPSA) is 109 Å². The van der Waals surface area contributed by atoms with Crippen molar-refractivity contribution >= 4 is 11.9 Å². The number of esters is 1. The maximum atomic E-state index is 13.6. The molecule has 0 saturated carbocycles. The summed E-state index contributed by atoms with van der Waals surface area (Å²) in [7, 11) is 6.56. The van der Waals surface area contributed by atoms with E-state index in [1.54, 1.807) is 27.2 Å². The number of rotatable bonds is 17. The summed E-state index contributed by atoms with van der Waals surface area (Å²) in [6.07, 6.45) is 3.75. The van der Waals surface area contributed by atoms with Gasteiger partial charge in [0.2, 0.25) is 5.91 Å². The summed E-state index contributed by atoms with van der Waals surface area (Å²) in [5, 5.41) is 18.0. The lowest BCUT2D eigenvalue weighted by Crippen LogP contribution is -2.53. The second-order valence-corrected chi connectivity index (χ2v) is 11.3. The van der Waals surface area contributed by atoms with Crippen LogP contribution in [-0.4, -0.2) is 93.4 Å². The van der Waals surface area contributed by atoms with Gasteiger partial charge in [-0.15, -0.1) is 0 Å². The molecule has 1 aromatic carbocycles. The van der Waals surface area contributed by atoms with Gasteiger partial charge in [0.05, 0.1) is 31.8 Å². The van der Waals surface area contributed by atoms with E-state index < -0.39 is 12.2 Å². The Morgan fingerprint density at radius 1 is 1.15 bits per heavy atom. The normalized spacial score (nSPS) is 21.0. The molecule has 9 heteroatoms. The summed E-state index contributed by atoms with van der Waals surface area (Å²) < 4.78 is 16.6. The summed E-state index contributed by atoms with van der Waals surface area (Å²) in [6.45, 7) is 8.60. The number of methoxy groups -OCH3 is 3. The highest BCUT2D eigenvalue weighted by atomic mass is 16.5. The molecule has 1 fully saturated rings. The lowest BCUT2D eigenvalue weighted by molar-refractivity contribution is -0.140. The molecular formula is C32H53N3O6. The molecule has 0 aliphatic carbocycles. The summed E-state index contributed by atoms with van der Waals surface area (Å²) in [5.74, 6) is -0.351. The zero-order chi connectivity index (χ0) is 30.5. The van der Waals surface area contributed by atoms with Gasteiger partial charge in [0, 0.05) is 44.3 Å². The van der Waals surface area contributed by atoms with Crippen molar-refractivity contribution in [2.75, 3.05) is 34.9 Å². The number of amides is 1. The number of aliphatic hydroxyl groups excluding tert-OH is 1. The number of nitrogens with zero attached hydrogens (tertiary/aromatic N) is 1. The molecular weight excluding hydrogens is 522 g/mol. The first-order valence-electron chi connectivity index (χ1n) is 14.9. The van der Waals surface area contributed by atoms with Gasteiger partial charge in [-0.3, -0.25) is 10.1 Å². The van der Waals surface area contributed by atoms with Gasteiger partial charge in [-0.1, -0.05) is 63.6 Å². The number of benzene rings is 1. The average Bonchev–Trinajstić information content (AvgIpc) is 3.46. The van der Waals surface area contributed by atoms with Crippen LogP contribution in [0.5, 0.6) is 0 Å². The molecule has 9 nitrogen and oxygen atoms in total. The van der Waals surface area contributed by atoms with Crippen molar-refractivity contribution in [3.8, 4) is 0 Å². The van der Waals surface area contributed by atoms with E-state index in [9.17, 15) is 14.7 Å². The van der Waals surface area contributed by atoms with Crippen molar-refractivity contribution in [2.24, 2.45) is 11.8 Å². The van der Waals surface area contributed by atoms with Crippen LogP contribution in [0.15, 0.2) is 42.0 Å². The second-order valence-electron chi connectivity index (χ2n) is 11.3. The predicted octanol–water partition coefficient (Wildman–Crippen LogP) is 3.31. The van der Waals surface area contributed by atoms with Crippen molar-refractivity contribution in [2.45, 2.75) is 96.4 Å². The number of ether oxygens (including phenoxy) is 3. The fraction of sp³-hybridized carbons (Fsp3) is 0.688. The van der Waals surface area contributed by atoms with E-state index in [0.29, 0.717) is 24.5 Å². The maximum Gasteiger partial charge on any atom is 0.333 e. The Kier molecular flexibility index (Phi) is 15.0. The van der Waals surface area contributed by atoms with Crippen LogP contribution in [-0.2, 0) is 30.2 Å². The van der Waals surface area contributed by atoms with Crippen LogP contribution in [0.25, 0.3) is 0 Å². The standard InChI is InChI=1S/C32H53N3O6/c1-9-21(2)29(33-5)27(39-6)20-28(36)35-17-13-16-26(35)30(40-7)23(4)31(37)34-25(18-22(3)32(38)41-8)19-24-14-11-10-12-15-24/h10-12,14-15,18,21,23,25-27,29-31,33-34,37H,9,13,16-17,19-20H2,1-8H3. The Hall–Kier alpha value is -2.30. The third kappa shape index (κ3) is 9.89. The molecule has 0 spiro atoms. The number of hydrogen-bond donors (Lipinski definition) is 3. The lowest BCUT2D eigenvalue weighted by atomic mass is 9.91. The van der Waals surface area contributed by atoms with Crippen LogP contribution in [0.3, 0.4) is 0 Å². The lowest BCUT2D eigenvalue weighted by Gasteiger charge is -2.38. The molecule has 1 aliphatic heterocycles. The van der Waals surface area contributed by atoms with Crippen LogP contribution < -0.4 is 10.6 Å². The van der Waals surface area contributed by atoms with Gasteiger partial charge >= 0.3 is 5.97 Å². The predicted molar refractivity (Wildman–Crippen MR) is 161 cm³/mol. The highest BCUT2D eigenvalue weighted by molar-refractivity contribution is 5.87. The van der Waals surface area contributed by atoms with Crippen molar-refractivity contribution in [3.05, 3.63) is 47.5 Å². The summed E-state index contributed by atoms with van der Waals surface area (Å²) in [5.41, 5.74) is 1.53. The zero-order valence-corrected chi connectivity index (χ0v) is 26.3. The number of aliphatic hydroxyl groups is 1. The number of carbonyl (C=O) groups is 2. The first-order chi connectivity index (χ1) is 19.6. The van der Waals surface area contributed by atoms with E-state index >= 15 is 0 Å². The first-order valence-corrected chi connectivity index (χ1v) is 14.9. The molecule has 1 amide bonds. The van der Waals surface area contributed by atoms with Crippen molar-refractivity contribution < 1.29 is 28.9 Å². The molecule has 1 aliphatic rings. The molecule has 0 aromatic heterocycles. The molecule has 1 aromatic rings. The fourth-order valence-corrected chi connectivity index (χ4v) is 6.02. The molecule has 232 valence electrons. The van der Waals surface area contributed by atoms with E-state index in [1.807, 2.05) is 49.2 Å². The molecule has 2 rings (SSSR count). The first kappa shape index (κ1) is 34.9. The summed E-state index contributed by atoms with van der Waals surface area (Å²) in [4.78, 5) is 27.6. The van der Waals surface area contributed by atoms with Crippen LogP contribution in [0.4, 0.5) is 0 Å². The molecule has 0 bridgehead atoms. The second kappa shape index (κ2) is 17.6. The number of likely N-dealkylation sites (N-methyl/N-ethyl adjacent to an activating group) is 1. The zero-order valence-electron chi connectivity index (χ0n) is 26.3. The molecule has 41 heavy (non-hydrogen) atoms. The van der Waals surface area contributed by atoms with Crippen LogP contribution in [0, 0.1) is 11.8 Å². The van der Waals surface area contributed by atoms with Crippen molar-refractivity contribution in [1.29, 1.82) is 0 Å². The van der Waals surface area contributed by atoms with E-state index in [-0.39, 0.29) is 48.6 Å². The third-order valence-corrected chi connectivity index (χ3v) is 8.60. The van der Waals surface area contributed by atoms with E-state index in [2.05, 4.69) is 24.5 Å². The Morgan fingerprint density at radius 2 is 1.83 bits per heavy atom. The van der Waals surface area contributed by atoms with E-state index in [1.165, 1.54) is 7.11 Å². The van der Waals surface area contributed by atoms with Gasteiger partial charge < -0.3 is 29.5 Å². The minimum absolute atomic E-state index is 0.0400. The Labute approximate surface area is 247 Å². The minimum atomic E-state index is -0.946. The maximum absolute atomic E-state index is 13.6. The number of carbonyl (C=O) groups excluding carboxylic acids is 2. The highest BCUT2D eigenvalue weighted by Gasteiger charge is 2.41. The molecule has 8 unspecified atom stereocenters. The summed E-state index contributed by atoms with van der Waals surface area (Å²) in [6, 6.07) is 9.49. The van der Waals surface area contributed by atoms with Gasteiger partial charge in [0.25, 0.3) is 0 Å². The smallest absolute Gasteiger partial charge is 0.333 e. The fourth-order valence-electron chi connectivity index (χ4n) is 6.02. The third-order valence-electron chi connectivity index (χ3n) is 8.60. The van der Waals surface area contributed by atoms with E-state index in [4.69, 9.17) is 14.2 Å². The van der Waals surface area contributed by atoms with Gasteiger partial charge in [-0.2, -0.15) is 0 Å². The number of hydrogen-bond acceptors (Lipinski definition) is 8. The monoisotopic (exact) mass is 575 g/mol. The highest BCUT2D eigenvalue weighted by Crippen LogP contribution is 2.29. The quantitative estimate of drug-likeness (QED) is 0.148. The Bertz CT molecular complexity index is 958. The Balaban J connectivity index is 2.19. The van der Waals surface area contributed by atoms with Gasteiger partial charge in [0.15, 0.2) is 0 Å². The average molecular weight is 576 g/mol. The Morgan fingerprint density at radius 3 is 2.39 bits per heavy atom. The van der Waals surface area contributed by atoms with Crippen molar-refractivity contribution in [1.82, 2.24) is 15.5 Å². The number of nitrogens with one attached hydrogen (secondary N) is 2. The van der Waals surface area contributed by atoms with Gasteiger partial charge in [-0.25, -0.2) is 4.79 Å². The summed E-state index contributed by atoms with van der Waals surface area (Å²) >= 11 is 0. The molecule has 0 radical (unpaired) electrons. The molecule has 1 heterocycles. The minimum Gasteiger partial charge on any atom is -0.466 e. The van der Waals surface area contributed by atoms with E-state index in [0.717, 1.165) is 24.8 Å². The SMILES string of the molecule is CCC(C)C(NC)C(CC(=O)N1CCCC1C(OC)C(C)C(O)NC(C=C(C)C(=O)OC)Cc1ccccc1)OC. The van der Waals surface area contributed by atoms with Crippen LogP contribution in [0.2, 0.25) is 0 Å². The van der Waals surface area contributed by atoms with Crippen molar-refractivity contribution in [3.63, 3.8) is 0 Å². The molecule has 3 N–H and O–H groups in total. The van der Waals surface area contributed by atoms with Gasteiger partial charge in [-0.05, 0) is 44.7 Å².